The van der Waals surface area contributed by atoms with Crippen molar-refractivity contribution in [3.8, 4) is 21.7 Å². The summed E-state index contributed by atoms with van der Waals surface area (Å²) in [5, 5.41) is 19.1. The van der Waals surface area contributed by atoms with Gasteiger partial charge in [-0.1, -0.05) is 78.0 Å². The van der Waals surface area contributed by atoms with E-state index in [4.69, 9.17) is 4.42 Å². The Hall–Kier alpha value is -5.88. The second kappa shape index (κ2) is 13.6. The number of carbonyl (C=O) groups is 1. The van der Waals surface area contributed by atoms with E-state index in [-0.39, 0.29) is 19.0 Å². The van der Waals surface area contributed by atoms with E-state index >= 15 is 0 Å². The molecule has 4 heterocycles. The molecule has 12 heteroatoms. The van der Waals surface area contributed by atoms with E-state index in [2.05, 4.69) is 77.6 Å². The summed E-state index contributed by atoms with van der Waals surface area (Å²) in [5.74, 6) is 1.60. The number of nitrogens with one attached hydrogen (secondary N) is 3. The van der Waals surface area contributed by atoms with Crippen LogP contribution in [0.1, 0.15) is 22.8 Å². The molecule has 0 fully saturated rings. The SMILES string of the molecule is Cc1nc(NCC(=O)NCc2ocnc2Cn2cc(-c3cccc(NCc4ccccc4)c3)nn2)c2cc(-c3ccccc3)sc2n1. The summed E-state index contributed by atoms with van der Waals surface area (Å²) in [6.45, 7) is 3.14. The van der Waals surface area contributed by atoms with Gasteiger partial charge >= 0.3 is 0 Å². The zero-order valence-electron chi connectivity index (χ0n) is 25.6. The Kier molecular flexibility index (Phi) is 8.64. The van der Waals surface area contributed by atoms with Gasteiger partial charge in [-0.3, -0.25) is 4.79 Å². The normalized spacial score (nSPS) is 11.1. The highest BCUT2D eigenvalue weighted by molar-refractivity contribution is 7.21. The number of hydrogen-bond acceptors (Lipinski definition) is 10. The van der Waals surface area contributed by atoms with Gasteiger partial charge in [0.25, 0.3) is 0 Å². The second-order valence-electron chi connectivity index (χ2n) is 10.9. The molecule has 7 aromatic rings. The van der Waals surface area contributed by atoms with Crippen molar-refractivity contribution in [1.29, 1.82) is 0 Å². The molecule has 47 heavy (non-hydrogen) atoms. The van der Waals surface area contributed by atoms with E-state index in [0.29, 0.717) is 29.6 Å². The van der Waals surface area contributed by atoms with Gasteiger partial charge < -0.3 is 20.4 Å². The van der Waals surface area contributed by atoms with Crippen molar-refractivity contribution < 1.29 is 9.21 Å². The molecule has 0 aliphatic heterocycles. The van der Waals surface area contributed by atoms with Crippen LogP contribution in [0.25, 0.3) is 31.9 Å². The average Bonchev–Trinajstić information content (AvgIpc) is 3.87. The summed E-state index contributed by atoms with van der Waals surface area (Å²) in [6, 6.07) is 30.5. The maximum Gasteiger partial charge on any atom is 0.239 e. The van der Waals surface area contributed by atoms with Gasteiger partial charge in [-0.25, -0.2) is 19.6 Å². The van der Waals surface area contributed by atoms with Crippen LogP contribution in [0.15, 0.2) is 108 Å². The van der Waals surface area contributed by atoms with Gasteiger partial charge in [-0.2, -0.15) is 0 Å². The average molecular weight is 642 g/mol. The Bertz CT molecular complexity index is 2120. The highest BCUT2D eigenvalue weighted by Gasteiger charge is 2.15. The number of nitrogens with zero attached hydrogens (tertiary/aromatic N) is 6. The van der Waals surface area contributed by atoms with Crippen molar-refractivity contribution in [3.05, 3.63) is 126 Å². The highest BCUT2D eigenvalue weighted by atomic mass is 32.1. The number of anilines is 2. The number of benzene rings is 3. The predicted octanol–water partition coefficient (Wildman–Crippen LogP) is 6.30. The fraction of sp³-hybridized carbons (Fsp3) is 0.143. The van der Waals surface area contributed by atoms with Crippen LogP contribution in [0.5, 0.6) is 0 Å². The lowest BCUT2D eigenvalue weighted by molar-refractivity contribution is -0.119. The maximum atomic E-state index is 12.8. The lowest BCUT2D eigenvalue weighted by Gasteiger charge is -2.08. The Morgan fingerprint density at radius 3 is 2.55 bits per heavy atom. The Labute approximate surface area is 274 Å². The largest absolute Gasteiger partial charge is 0.446 e. The first-order chi connectivity index (χ1) is 23.1. The highest BCUT2D eigenvalue weighted by Crippen LogP contribution is 2.35. The molecule has 0 aliphatic rings. The molecule has 0 bridgehead atoms. The maximum absolute atomic E-state index is 12.8. The number of oxazole rings is 1. The molecule has 0 atom stereocenters. The van der Waals surface area contributed by atoms with Gasteiger partial charge in [-0.05, 0) is 36.2 Å². The van der Waals surface area contributed by atoms with Crippen LogP contribution in [-0.4, -0.2) is 42.4 Å². The molecule has 7 rings (SSSR count). The van der Waals surface area contributed by atoms with Gasteiger partial charge in [0.1, 0.15) is 33.6 Å². The first kappa shape index (κ1) is 29.8. The van der Waals surface area contributed by atoms with Crippen molar-refractivity contribution in [2.24, 2.45) is 0 Å². The van der Waals surface area contributed by atoms with Crippen LogP contribution in [-0.2, 0) is 24.4 Å². The summed E-state index contributed by atoms with van der Waals surface area (Å²) in [6.07, 6.45) is 3.24. The van der Waals surface area contributed by atoms with E-state index in [1.807, 2.05) is 67.7 Å². The molecular formula is C35H31N9O2S. The molecule has 1 amide bonds. The standard InChI is InChI=1S/C35H31N9O2S/c1-23-40-34(28-16-32(47-35(28)41-23)25-11-6-3-7-12-25)38-19-33(45)37-18-31-30(39-22-46-31)21-44-20-29(42-43-44)26-13-8-14-27(15-26)36-17-24-9-4-2-5-10-24/h2-16,20,22,36H,17-19,21H2,1H3,(H,37,45)(H,38,40,41). The molecule has 0 aliphatic carbocycles. The molecule has 4 aromatic heterocycles. The summed E-state index contributed by atoms with van der Waals surface area (Å²) in [4.78, 5) is 28.3. The molecule has 0 unspecified atom stereocenters. The van der Waals surface area contributed by atoms with E-state index in [9.17, 15) is 4.79 Å². The fourth-order valence-electron chi connectivity index (χ4n) is 5.13. The Morgan fingerprint density at radius 2 is 1.70 bits per heavy atom. The first-order valence-electron chi connectivity index (χ1n) is 15.1. The smallest absolute Gasteiger partial charge is 0.239 e. The van der Waals surface area contributed by atoms with Crippen LogP contribution in [0.4, 0.5) is 11.5 Å². The minimum atomic E-state index is -0.209. The van der Waals surface area contributed by atoms with Crippen LogP contribution >= 0.6 is 11.3 Å². The summed E-state index contributed by atoms with van der Waals surface area (Å²) in [7, 11) is 0. The lowest BCUT2D eigenvalue weighted by atomic mass is 10.1. The number of carbonyl (C=O) groups excluding carboxylic acids is 1. The Balaban J connectivity index is 0.948. The minimum absolute atomic E-state index is 0.0389. The minimum Gasteiger partial charge on any atom is -0.446 e. The number of amides is 1. The van der Waals surface area contributed by atoms with E-state index in [1.165, 1.54) is 12.0 Å². The third kappa shape index (κ3) is 7.18. The summed E-state index contributed by atoms with van der Waals surface area (Å²) in [5.41, 5.74) is 5.67. The van der Waals surface area contributed by atoms with E-state index < -0.39 is 0 Å². The molecule has 0 saturated heterocycles. The second-order valence-corrected chi connectivity index (χ2v) is 11.9. The molecular weight excluding hydrogens is 611 g/mol. The third-order valence-corrected chi connectivity index (χ3v) is 8.58. The van der Waals surface area contributed by atoms with Gasteiger partial charge in [0.15, 0.2) is 6.39 Å². The molecule has 0 spiro atoms. The van der Waals surface area contributed by atoms with Gasteiger partial charge in [0, 0.05) is 22.7 Å². The Morgan fingerprint density at radius 1 is 0.894 bits per heavy atom. The van der Waals surface area contributed by atoms with E-state index in [1.54, 1.807) is 16.0 Å². The molecule has 11 nitrogen and oxygen atoms in total. The number of rotatable bonds is 12. The predicted molar refractivity (Wildman–Crippen MR) is 183 cm³/mol. The van der Waals surface area contributed by atoms with E-state index in [0.717, 1.165) is 44.1 Å². The van der Waals surface area contributed by atoms with Crippen LogP contribution in [0, 0.1) is 6.92 Å². The van der Waals surface area contributed by atoms with Crippen molar-refractivity contribution in [2.75, 3.05) is 17.2 Å². The number of fused-ring (bicyclic) bond motifs is 1. The number of thiophene rings is 1. The van der Waals surface area contributed by atoms with Gasteiger partial charge in [-0.15, -0.1) is 16.4 Å². The van der Waals surface area contributed by atoms with Gasteiger partial charge in [0.05, 0.1) is 31.2 Å². The monoisotopic (exact) mass is 641 g/mol. The zero-order valence-corrected chi connectivity index (χ0v) is 26.4. The fourth-order valence-corrected chi connectivity index (χ4v) is 6.21. The van der Waals surface area contributed by atoms with Crippen LogP contribution in [0.3, 0.4) is 0 Å². The number of hydrogen-bond donors (Lipinski definition) is 3. The topological polar surface area (TPSA) is 136 Å². The van der Waals surface area contributed by atoms with Crippen LogP contribution in [0.2, 0.25) is 0 Å². The van der Waals surface area contributed by atoms with Gasteiger partial charge in [0.2, 0.25) is 5.91 Å². The summed E-state index contributed by atoms with van der Waals surface area (Å²) >= 11 is 1.60. The van der Waals surface area contributed by atoms with Crippen molar-refractivity contribution >= 4 is 39.0 Å². The first-order valence-corrected chi connectivity index (χ1v) is 15.9. The van der Waals surface area contributed by atoms with Crippen molar-refractivity contribution in [3.63, 3.8) is 0 Å². The third-order valence-electron chi connectivity index (χ3n) is 7.50. The molecule has 3 aromatic carbocycles. The van der Waals surface area contributed by atoms with Crippen molar-refractivity contribution in [2.45, 2.75) is 26.6 Å². The summed E-state index contributed by atoms with van der Waals surface area (Å²) < 4.78 is 7.31. The molecule has 0 saturated carbocycles. The quantitative estimate of drug-likeness (QED) is 0.140. The zero-order chi connectivity index (χ0) is 32.0. The number of aromatic nitrogens is 6. The molecule has 3 N–H and O–H groups in total. The van der Waals surface area contributed by atoms with Crippen molar-refractivity contribution in [1.82, 2.24) is 35.3 Å². The lowest BCUT2D eigenvalue weighted by Crippen LogP contribution is -2.30. The van der Waals surface area contributed by atoms with Crippen LogP contribution < -0.4 is 16.0 Å². The molecule has 234 valence electrons. The number of aryl methyl sites for hydroxylation is 1. The molecule has 0 radical (unpaired) electrons.